The summed E-state index contributed by atoms with van der Waals surface area (Å²) in [6, 6.07) is 10.6. The maximum Gasteiger partial charge on any atom is 0.137 e. The van der Waals surface area contributed by atoms with Crippen molar-refractivity contribution in [1.29, 1.82) is 0 Å². The zero-order valence-electron chi connectivity index (χ0n) is 14.9. The molecule has 5 nitrogen and oxygen atoms in total. The van der Waals surface area contributed by atoms with Crippen LogP contribution in [0.15, 0.2) is 61.4 Å². The van der Waals surface area contributed by atoms with Gasteiger partial charge in [-0.25, -0.2) is 14.1 Å². The Bertz CT molecular complexity index is 706. The fourth-order valence-corrected chi connectivity index (χ4v) is 4.82. The molecule has 1 atom stereocenters. The molecule has 0 radical (unpaired) electrons. The Balaban J connectivity index is 0.000000386. The summed E-state index contributed by atoms with van der Waals surface area (Å²) in [4.78, 5) is 6.76. The Hall–Kier alpha value is -2.25. The standard InChI is InChI=1S/C14H20FN3OSi.C4H5N/c1-20(2,3)9-14(19,8-18-11-16-10-17-18)12-4-6-13(15)7-5-12;1-2-4-5-3-1/h4-7,10-11,19H,8-9H2,1-3H3;1-5H. The molecule has 2 N–H and O–H groups in total. The van der Waals surface area contributed by atoms with Crippen molar-refractivity contribution < 1.29 is 9.50 Å². The quantitative estimate of drug-likeness (QED) is 0.683. The van der Waals surface area contributed by atoms with Gasteiger partial charge in [-0.1, -0.05) is 31.8 Å². The number of nitrogens with one attached hydrogen (secondary N) is 1. The van der Waals surface area contributed by atoms with Crippen molar-refractivity contribution in [1.82, 2.24) is 19.7 Å². The van der Waals surface area contributed by atoms with E-state index in [1.54, 1.807) is 23.1 Å². The van der Waals surface area contributed by atoms with Crippen LogP contribution in [0.25, 0.3) is 0 Å². The summed E-state index contributed by atoms with van der Waals surface area (Å²) in [7, 11) is -1.53. The predicted molar refractivity (Wildman–Crippen MR) is 99.3 cm³/mol. The van der Waals surface area contributed by atoms with Crippen LogP contribution in [-0.2, 0) is 12.1 Å². The number of halogens is 1. The van der Waals surface area contributed by atoms with E-state index in [2.05, 4.69) is 34.7 Å². The van der Waals surface area contributed by atoms with Gasteiger partial charge in [-0.05, 0) is 35.9 Å². The SMILES string of the molecule is C[Si](C)(C)CC(O)(Cn1cncn1)c1ccc(F)cc1.c1cc[nH]c1. The van der Waals surface area contributed by atoms with Crippen molar-refractivity contribution in [2.45, 2.75) is 37.8 Å². The molecular formula is C18H25FN4OSi. The zero-order valence-corrected chi connectivity index (χ0v) is 15.9. The van der Waals surface area contributed by atoms with E-state index in [4.69, 9.17) is 0 Å². The summed E-state index contributed by atoms with van der Waals surface area (Å²) in [5.41, 5.74) is -0.330. The van der Waals surface area contributed by atoms with Crippen molar-refractivity contribution >= 4 is 8.07 Å². The number of aromatic amines is 1. The first-order chi connectivity index (χ1) is 11.8. The molecule has 0 aliphatic rings. The second-order valence-electron chi connectivity index (χ2n) is 7.25. The largest absolute Gasteiger partial charge is 0.384 e. The van der Waals surface area contributed by atoms with Gasteiger partial charge in [-0.3, -0.25) is 0 Å². The summed E-state index contributed by atoms with van der Waals surface area (Å²) >= 11 is 0. The van der Waals surface area contributed by atoms with Crippen LogP contribution in [0.2, 0.25) is 25.7 Å². The van der Waals surface area contributed by atoms with Gasteiger partial charge in [-0.2, -0.15) is 5.10 Å². The highest BCUT2D eigenvalue weighted by atomic mass is 28.3. The van der Waals surface area contributed by atoms with Crippen molar-refractivity contribution in [3.05, 3.63) is 72.8 Å². The molecule has 7 heteroatoms. The summed E-state index contributed by atoms with van der Waals surface area (Å²) in [5, 5.41) is 15.2. The first kappa shape index (κ1) is 19.1. The lowest BCUT2D eigenvalue weighted by molar-refractivity contribution is 0.0331. The van der Waals surface area contributed by atoms with Crippen LogP contribution in [0.4, 0.5) is 4.39 Å². The number of rotatable bonds is 5. The maximum atomic E-state index is 13.1. The van der Waals surface area contributed by atoms with Crippen LogP contribution in [-0.4, -0.2) is 32.9 Å². The molecule has 0 fully saturated rings. The Kier molecular flexibility index (Phi) is 6.27. The van der Waals surface area contributed by atoms with Crippen molar-refractivity contribution in [2.24, 2.45) is 0 Å². The second kappa shape index (κ2) is 8.22. The number of aromatic nitrogens is 4. The molecule has 2 heterocycles. The van der Waals surface area contributed by atoms with Gasteiger partial charge in [0.25, 0.3) is 0 Å². The molecule has 25 heavy (non-hydrogen) atoms. The molecular weight excluding hydrogens is 335 g/mol. The molecule has 3 aromatic rings. The van der Waals surface area contributed by atoms with Crippen molar-refractivity contribution in [3.8, 4) is 0 Å². The lowest BCUT2D eigenvalue weighted by Gasteiger charge is -2.33. The molecule has 0 spiro atoms. The van der Waals surface area contributed by atoms with Crippen LogP contribution < -0.4 is 0 Å². The van der Waals surface area contributed by atoms with E-state index in [9.17, 15) is 9.50 Å². The minimum Gasteiger partial charge on any atom is -0.384 e. The summed E-state index contributed by atoms with van der Waals surface area (Å²) in [5.74, 6) is -0.301. The summed E-state index contributed by atoms with van der Waals surface area (Å²) < 4.78 is 14.7. The second-order valence-corrected chi connectivity index (χ2v) is 12.7. The molecule has 0 amide bonds. The third-order valence-corrected chi connectivity index (χ3v) is 5.24. The third kappa shape index (κ3) is 6.28. The molecule has 1 aromatic carbocycles. The Labute approximate surface area is 148 Å². The minimum atomic E-state index is -1.53. The first-order valence-electron chi connectivity index (χ1n) is 8.17. The van der Waals surface area contributed by atoms with E-state index in [-0.39, 0.29) is 5.82 Å². The summed E-state index contributed by atoms with van der Waals surface area (Å²) in [6.45, 7) is 6.91. The number of nitrogens with zero attached hydrogens (tertiary/aromatic N) is 3. The van der Waals surface area contributed by atoms with Crippen molar-refractivity contribution in [3.63, 3.8) is 0 Å². The van der Waals surface area contributed by atoms with E-state index in [1.165, 1.54) is 18.5 Å². The summed E-state index contributed by atoms with van der Waals surface area (Å²) in [6.07, 6.45) is 6.78. The zero-order chi connectivity index (χ0) is 18.3. The van der Waals surface area contributed by atoms with Gasteiger partial charge in [0, 0.05) is 20.5 Å². The number of hydrogen-bond acceptors (Lipinski definition) is 3. The minimum absolute atomic E-state index is 0.301. The third-order valence-electron chi connectivity index (χ3n) is 3.59. The smallest absolute Gasteiger partial charge is 0.137 e. The molecule has 0 bridgehead atoms. The highest BCUT2D eigenvalue weighted by Gasteiger charge is 2.35. The predicted octanol–water partition coefficient (Wildman–Crippen LogP) is 3.66. The highest BCUT2D eigenvalue weighted by Crippen LogP contribution is 2.32. The average Bonchev–Trinajstić information content (AvgIpc) is 3.21. The molecule has 0 saturated heterocycles. The molecule has 1 unspecified atom stereocenters. The van der Waals surface area contributed by atoms with E-state index in [0.717, 1.165) is 5.56 Å². The average molecular weight is 361 g/mol. The van der Waals surface area contributed by atoms with Crippen LogP contribution >= 0.6 is 0 Å². The molecule has 0 saturated carbocycles. The molecule has 0 aliphatic carbocycles. The number of aliphatic hydroxyl groups is 1. The number of benzene rings is 1. The van der Waals surface area contributed by atoms with Crippen LogP contribution in [0.3, 0.4) is 0 Å². The lowest BCUT2D eigenvalue weighted by Crippen LogP contribution is -2.39. The van der Waals surface area contributed by atoms with Gasteiger partial charge in [-0.15, -0.1) is 0 Å². The Morgan fingerprint density at radius 3 is 2.24 bits per heavy atom. The van der Waals surface area contributed by atoms with E-state index in [1.807, 2.05) is 24.5 Å². The number of hydrogen-bond donors (Lipinski definition) is 2. The molecule has 2 aromatic heterocycles. The van der Waals surface area contributed by atoms with Gasteiger partial charge in [0.1, 0.15) is 24.1 Å². The highest BCUT2D eigenvalue weighted by molar-refractivity contribution is 6.76. The van der Waals surface area contributed by atoms with Crippen molar-refractivity contribution in [2.75, 3.05) is 0 Å². The van der Waals surface area contributed by atoms with Crippen LogP contribution in [0.1, 0.15) is 5.56 Å². The monoisotopic (exact) mass is 360 g/mol. The number of H-pyrrole nitrogens is 1. The first-order valence-corrected chi connectivity index (χ1v) is 11.9. The van der Waals surface area contributed by atoms with E-state index in [0.29, 0.717) is 12.6 Å². The molecule has 134 valence electrons. The molecule has 3 rings (SSSR count). The van der Waals surface area contributed by atoms with E-state index >= 15 is 0 Å². The van der Waals surface area contributed by atoms with Gasteiger partial charge in [0.15, 0.2) is 0 Å². The lowest BCUT2D eigenvalue weighted by atomic mass is 9.96. The van der Waals surface area contributed by atoms with Gasteiger partial charge >= 0.3 is 0 Å². The maximum absolute atomic E-state index is 13.1. The Morgan fingerprint density at radius 2 is 1.80 bits per heavy atom. The topological polar surface area (TPSA) is 66.7 Å². The Morgan fingerprint density at radius 1 is 1.16 bits per heavy atom. The fourth-order valence-electron chi connectivity index (χ4n) is 2.75. The van der Waals surface area contributed by atoms with Crippen LogP contribution in [0.5, 0.6) is 0 Å². The normalized spacial score (nSPS) is 13.6. The van der Waals surface area contributed by atoms with Gasteiger partial charge in [0.2, 0.25) is 0 Å². The van der Waals surface area contributed by atoms with Crippen LogP contribution in [0, 0.1) is 5.82 Å². The van der Waals surface area contributed by atoms with Gasteiger partial charge in [0.05, 0.1) is 6.54 Å². The fraction of sp³-hybridized carbons (Fsp3) is 0.333. The van der Waals surface area contributed by atoms with Gasteiger partial charge < -0.3 is 10.1 Å². The molecule has 0 aliphatic heterocycles. The van der Waals surface area contributed by atoms with E-state index < -0.39 is 13.7 Å².